The molecule has 2 nitrogen and oxygen atoms in total. The maximum Gasteiger partial charge on any atom is 0.119 e. The lowest BCUT2D eigenvalue weighted by Gasteiger charge is -2.22. The smallest absolute Gasteiger partial charge is 0.119 e. The summed E-state index contributed by atoms with van der Waals surface area (Å²) in [5.74, 6) is 0.851. The molecule has 0 heterocycles. The zero-order chi connectivity index (χ0) is 13.8. The van der Waals surface area contributed by atoms with Gasteiger partial charge in [-0.15, -0.1) is 0 Å². The van der Waals surface area contributed by atoms with Crippen molar-refractivity contribution in [3.05, 3.63) is 53.1 Å². The molecule has 0 spiro atoms. The van der Waals surface area contributed by atoms with Crippen molar-refractivity contribution >= 4 is 38.9 Å². The lowest BCUT2D eigenvalue weighted by atomic mass is 10.1. The van der Waals surface area contributed by atoms with Gasteiger partial charge in [0.05, 0.1) is 7.11 Å². The molecule has 0 atom stereocenters. The molecule has 0 fully saturated rings. The molecular formula is C15H15BrClNO. The topological polar surface area (TPSA) is 12.5 Å². The van der Waals surface area contributed by atoms with E-state index in [0.717, 1.165) is 27.5 Å². The Balaban J connectivity index is 2.36. The van der Waals surface area contributed by atoms with Crippen molar-refractivity contribution in [1.82, 2.24) is 0 Å². The fourth-order valence-electron chi connectivity index (χ4n) is 1.91. The first-order valence-electron chi connectivity index (χ1n) is 5.88. The minimum absolute atomic E-state index is 0.736. The number of hydrogen-bond donors (Lipinski definition) is 0. The molecule has 0 amide bonds. The predicted molar refractivity (Wildman–Crippen MR) is 85.1 cm³/mol. The van der Waals surface area contributed by atoms with E-state index in [2.05, 4.69) is 20.8 Å². The largest absolute Gasteiger partial charge is 0.497 e. The molecule has 0 radical (unpaired) electrons. The number of hydrogen-bond acceptors (Lipinski definition) is 2. The number of ether oxygens (including phenoxy) is 1. The Hall–Kier alpha value is -1.19. The molecule has 100 valence electrons. The number of anilines is 2. The zero-order valence-corrected chi connectivity index (χ0v) is 13.2. The van der Waals surface area contributed by atoms with E-state index in [1.54, 1.807) is 7.11 Å². The van der Waals surface area contributed by atoms with E-state index in [-0.39, 0.29) is 0 Å². The molecule has 0 bridgehead atoms. The lowest BCUT2D eigenvalue weighted by Crippen LogP contribution is -2.11. The van der Waals surface area contributed by atoms with Gasteiger partial charge >= 0.3 is 0 Å². The Bertz CT molecular complexity index is 557. The summed E-state index contributed by atoms with van der Waals surface area (Å²) >= 11 is 9.60. The average Bonchev–Trinajstić information content (AvgIpc) is 2.46. The van der Waals surface area contributed by atoms with Gasteiger partial charge in [0, 0.05) is 28.8 Å². The Morgan fingerprint density at radius 1 is 1.16 bits per heavy atom. The Morgan fingerprint density at radius 3 is 2.42 bits per heavy atom. The molecule has 0 N–H and O–H groups in total. The van der Waals surface area contributed by atoms with E-state index in [1.165, 1.54) is 5.56 Å². The van der Waals surface area contributed by atoms with Gasteiger partial charge in [-0.05, 0) is 42.0 Å². The molecule has 0 saturated carbocycles. The average molecular weight is 341 g/mol. The van der Waals surface area contributed by atoms with Crippen LogP contribution in [0, 0.1) is 0 Å². The summed E-state index contributed by atoms with van der Waals surface area (Å²) in [5.41, 5.74) is 3.38. The van der Waals surface area contributed by atoms with Crippen LogP contribution >= 0.6 is 27.5 Å². The minimum Gasteiger partial charge on any atom is -0.497 e. The van der Waals surface area contributed by atoms with E-state index in [9.17, 15) is 0 Å². The molecule has 2 aromatic carbocycles. The molecule has 2 aromatic rings. The number of benzene rings is 2. The SMILES string of the molecule is COc1ccc(N(C)c2cc(Cl)ccc2CBr)cc1. The van der Waals surface area contributed by atoms with Gasteiger partial charge in [0.25, 0.3) is 0 Å². The monoisotopic (exact) mass is 339 g/mol. The Morgan fingerprint density at radius 2 is 1.84 bits per heavy atom. The fourth-order valence-corrected chi connectivity index (χ4v) is 2.55. The third-order valence-electron chi connectivity index (χ3n) is 3.01. The third-order valence-corrected chi connectivity index (χ3v) is 3.85. The molecule has 4 heteroatoms. The van der Waals surface area contributed by atoms with Crippen LogP contribution in [0.15, 0.2) is 42.5 Å². The van der Waals surface area contributed by atoms with Gasteiger partial charge in [0.15, 0.2) is 0 Å². The van der Waals surface area contributed by atoms with Crippen molar-refractivity contribution in [2.75, 3.05) is 19.1 Å². The van der Waals surface area contributed by atoms with Crippen LogP contribution in [0.25, 0.3) is 0 Å². The Kier molecular flexibility index (Phi) is 4.72. The summed E-state index contributed by atoms with van der Waals surface area (Å²) < 4.78 is 5.17. The van der Waals surface area contributed by atoms with Crippen LogP contribution in [0.3, 0.4) is 0 Å². The van der Waals surface area contributed by atoms with Crippen LogP contribution in [0.5, 0.6) is 5.75 Å². The molecule has 0 aliphatic heterocycles. The number of methoxy groups -OCH3 is 1. The number of halogens is 2. The first-order chi connectivity index (χ1) is 9.15. The van der Waals surface area contributed by atoms with Crippen molar-refractivity contribution in [3.8, 4) is 5.75 Å². The molecule has 0 aliphatic carbocycles. The van der Waals surface area contributed by atoms with Crippen molar-refractivity contribution < 1.29 is 4.74 Å². The summed E-state index contributed by atoms with van der Waals surface area (Å²) in [7, 11) is 3.69. The summed E-state index contributed by atoms with van der Waals surface area (Å²) in [5, 5.41) is 1.53. The number of nitrogens with zero attached hydrogens (tertiary/aromatic N) is 1. The van der Waals surface area contributed by atoms with Crippen LogP contribution in [0.2, 0.25) is 5.02 Å². The Labute approximate surface area is 127 Å². The van der Waals surface area contributed by atoms with Gasteiger partial charge in [0.2, 0.25) is 0 Å². The normalized spacial score (nSPS) is 10.3. The van der Waals surface area contributed by atoms with Gasteiger partial charge in [0.1, 0.15) is 5.75 Å². The second-order valence-electron chi connectivity index (χ2n) is 4.16. The van der Waals surface area contributed by atoms with E-state index < -0.39 is 0 Å². The molecule has 0 saturated heterocycles. The second-order valence-corrected chi connectivity index (χ2v) is 5.16. The fraction of sp³-hybridized carbons (Fsp3) is 0.200. The van der Waals surface area contributed by atoms with Crippen LogP contribution < -0.4 is 9.64 Å². The molecule has 19 heavy (non-hydrogen) atoms. The summed E-state index contributed by atoms with van der Waals surface area (Å²) in [6.45, 7) is 0. The highest BCUT2D eigenvalue weighted by molar-refractivity contribution is 9.08. The van der Waals surface area contributed by atoms with E-state index in [4.69, 9.17) is 16.3 Å². The first-order valence-corrected chi connectivity index (χ1v) is 7.38. The number of rotatable bonds is 4. The highest BCUT2D eigenvalue weighted by atomic mass is 79.9. The standard InChI is InChI=1S/C15H15BrClNO/c1-18(13-5-7-14(19-2)8-6-13)15-9-12(17)4-3-11(15)10-16/h3-9H,10H2,1-2H3. The molecule has 2 rings (SSSR count). The maximum absolute atomic E-state index is 6.09. The second kappa shape index (κ2) is 6.31. The summed E-state index contributed by atoms with van der Waals surface area (Å²) in [6.07, 6.45) is 0. The van der Waals surface area contributed by atoms with Gasteiger partial charge < -0.3 is 9.64 Å². The summed E-state index contributed by atoms with van der Waals surface area (Å²) in [4.78, 5) is 2.11. The summed E-state index contributed by atoms with van der Waals surface area (Å²) in [6, 6.07) is 13.9. The van der Waals surface area contributed by atoms with Crippen molar-refractivity contribution in [2.24, 2.45) is 0 Å². The predicted octanol–water partition coefficient (Wildman–Crippen LogP) is 5.01. The van der Waals surface area contributed by atoms with Crippen LogP contribution in [0.4, 0.5) is 11.4 Å². The lowest BCUT2D eigenvalue weighted by molar-refractivity contribution is 0.415. The quantitative estimate of drug-likeness (QED) is 0.725. The molecular weight excluding hydrogens is 326 g/mol. The maximum atomic E-state index is 6.09. The third kappa shape index (κ3) is 3.23. The van der Waals surface area contributed by atoms with Crippen LogP contribution in [0.1, 0.15) is 5.56 Å². The van der Waals surface area contributed by atoms with Gasteiger partial charge in [-0.25, -0.2) is 0 Å². The van der Waals surface area contributed by atoms with Crippen molar-refractivity contribution in [3.63, 3.8) is 0 Å². The van der Waals surface area contributed by atoms with E-state index in [0.29, 0.717) is 0 Å². The highest BCUT2D eigenvalue weighted by Gasteiger charge is 2.09. The van der Waals surface area contributed by atoms with E-state index >= 15 is 0 Å². The highest BCUT2D eigenvalue weighted by Crippen LogP contribution is 2.31. The van der Waals surface area contributed by atoms with Gasteiger partial charge in [-0.1, -0.05) is 33.6 Å². The molecule has 0 unspecified atom stereocenters. The zero-order valence-electron chi connectivity index (χ0n) is 10.9. The van der Waals surface area contributed by atoms with E-state index in [1.807, 2.05) is 49.5 Å². The van der Waals surface area contributed by atoms with Gasteiger partial charge in [-0.3, -0.25) is 0 Å². The first kappa shape index (κ1) is 14.2. The van der Waals surface area contributed by atoms with Crippen molar-refractivity contribution in [2.45, 2.75) is 5.33 Å². The molecule has 0 aliphatic rings. The van der Waals surface area contributed by atoms with Crippen molar-refractivity contribution in [1.29, 1.82) is 0 Å². The molecule has 0 aromatic heterocycles. The van der Waals surface area contributed by atoms with Crippen LogP contribution in [-0.2, 0) is 5.33 Å². The van der Waals surface area contributed by atoms with Gasteiger partial charge in [-0.2, -0.15) is 0 Å². The number of alkyl halides is 1. The minimum atomic E-state index is 0.736. The van der Waals surface area contributed by atoms with Crippen LogP contribution in [-0.4, -0.2) is 14.2 Å².